The lowest BCUT2D eigenvalue weighted by molar-refractivity contribution is 0.219. The lowest BCUT2D eigenvalue weighted by atomic mass is 10.1. The molecule has 74 valence electrons. The Bertz CT molecular complexity index is 435. The monoisotopic (exact) mass is 212 g/mol. The van der Waals surface area contributed by atoms with Gasteiger partial charge in [-0.25, -0.2) is 0 Å². The fourth-order valence-corrected chi connectivity index (χ4v) is 1.48. The predicted octanol–water partition coefficient (Wildman–Crippen LogP) is 1.75. The summed E-state index contributed by atoms with van der Waals surface area (Å²) in [4.78, 5) is 0. The molecule has 0 bridgehead atoms. The number of aromatic nitrogens is 2. The minimum atomic E-state index is -0.782. The van der Waals surface area contributed by atoms with E-state index in [9.17, 15) is 5.11 Å². The number of hydrogen-bond donors (Lipinski definition) is 1. The van der Waals surface area contributed by atoms with Gasteiger partial charge in [-0.2, -0.15) is 5.10 Å². The number of aryl methyl sites for hydroxylation is 1. The van der Waals surface area contributed by atoms with Crippen molar-refractivity contribution >= 4 is 11.6 Å². The molecule has 0 saturated heterocycles. The van der Waals surface area contributed by atoms with Gasteiger partial charge in [-0.1, -0.05) is 0 Å². The van der Waals surface area contributed by atoms with Gasteiger partial charge in [0.15, 0.2) is 5.22 Å². The first kappa shape index (κ1) is 9.30. The number of nitrogens with zero attached hydrogens (tertiary/aromatic N) is 2. The van der Waals surface area contributed by atoms with Crippen LogP contribution >= 0.6 is 11.6 Å². The Balaban J connectivity index is 2.33. The molecule has 2 rings (SSSR count). The maximum Gasteiger partial charge on any atom is 0.199 e. The van der Waals surface area contributed by atoms with Crippen molar-refractivity contribution in [2.45, 2.75) is 6.10 Å². The fraction of sp³-hybridized carbons (Fsp3) is 0.222. The van der Waals surface area contributed by atoms with Crippen molar-refractivity contribution in [2.75, 3.05) is 0 Å². The summed E-state index contributed by atoms with van der Waals surface area (Å²) < 4.78 is 6.51. The van der Waals surface area contributed by atoms with Gasteiger partial charge in [0.2, 0.25) is 0 Å². The van der Waals surface area contributed by atoms with Crippen LogP contribution in [0.5, 0.6) is 0 Å². The van der Waals surface area contributed by atoms with Crippen molar-refractivity contribution in [2.24, 2.45) is 7.05 Å². The molecule has 0 radical (unpaired) electrons. The standard InChI is InChI=1S/C9H9ClN2O2/c1-12-5-6(4-11-12)8(13)7-2-3-14-9(7)10/h2-5,8,13H,1H3. The lowest BCUT2D eigenvalue weighted by Crippen LogP contribution is -1.97. The van der Waals surface area contributed by atoms with Crippen LogP contribution in [0.3, 0.4) is 0 Å². The highest BCUT2D eigenvalue weighted by molar-refractivity contribution is 6.29. The molecular formula is C9H9ClN2O2. The van der Waals surface area contributed by atoms with Crippen LogP contribution < -0.4 is 0 Å². The third-order valence-corrected chi connectivity index (χ3v) is 2.29. The average molecular weight is 213 g/mol. The molecule has 2 aromatic rings. The molecule has 14 heavy (non-hydrogen) atoms. The molecule has 0 aliphatic carbocycles. The van der Waals surface area contributed by atoms with E-state index in [-0.39, 0.29) is 5.22 Å². The Morgan fingerprint density at radius 2 is 2.43 bits per heavy atom. The van der Waals surface area contributed by atoms with E-state index < -0.39 is 6.10 Å². The molecule has 1 unspecified atom stereocenters. The molecule has 0 spiro atoms. The summed E-state index contributed by atoms with van der Waals surface area (Å²) in [5.74, 6) is 0. The third-order valence-electron chi connectivity index (χ3n) is 1.98. The van der Waals surface area contributed by atoms with Crippen LogP contribution in [0.25, 0.3) is 0 Å². The molecule has 4 nitrogen and oxygen atoms in total. The zero-order valence-electron chi connectivity index (χ0n) is 7.51. The van der Waals surface area contributed by atoms with Gasteiger partial charge < -0.3 is 9.52 Å². The molecule has 5 heteroatoms. The van der Waals surface area contributed by atoms with Crippen LogP contribution in [-0.2, 0) is 7.05 Å². The maximum atomic E-state index is 9.88. The zero-order valence-corrected chi connectivity index (χ0v) is 8.27. The van der Waals surface area contributed by atoms with Gasteiger partial charge >= 0.3 is 0 Å². The minimum Gasteiger partial charge on any atom is -0.453 e. The Kier molecular flexibility index (Phi) is 2.31. The first-order valence-corrected chi connectivity index (χ1v) is 4.46. The van der Waals surface area contributed by atoms with Gasteiger partial charge in [0, 0.05) is 24.4 Å². The second-order valence-electron chi connectivity index (χ2n) is 3.00. The molecule has 0 fully saturated rings. The summed E-state index contributed by atoms with van der Waals surface area (Å²) in [7, 11) is 1.78. The number of halogens is 1. The highest BCUT2D eigenvalue weighted by Gasteiger charge is 2.17. The summed E-state index contributed by atoms with van der Waals surface area (Å²) in [6, 6.07) is 1.64. The Morgan fingerprint density at radius 3 is 2.93 bits per heavy atom. The molecule has 2 aromatic heterocycles. The highest BCUT2D eigenvalue weighted by Crippen LogP contribution is 2.28. The van der Waals surface area contributed by atoms with E-state index in [1.165, 1.54) is 6.26 Å². The van der Waals surface area contributed by atoms with E-state index in [1.54, 1.807) is 30.2 Å². The average Bonchev–Trinajstić information content (AvgIpc) is 2.73. The Morgan fingerprint density at radius 1 is 1.64 bits per heavy atom. The van der Waals surface area contributed by atoms with Crippen molar-refractivity contribution in [1.29, 1.82) is 0 Å². The lowest BCUT2D eigenvalue weighted by Gasteiger charge is -2.04. The Labute approximate surface area is 85.7 Å². The highest BCUT2D eigenvalue weighted by atomic mass is 35.5. The molecule has 0 aliphatic heterocycles. The van der Waals surface area contributed by atoms with E-state index in [4.69, 9.17) is 16.0 Å². The van der Waals surface area contributed by atoms with E-state index in [1.807, 2.05) is 0 Å². The van der Waals surface area contributed by atoms with Crippen molar-refractivity contribution < 1.29 is 9.52 Å². The van der Waals surface area contributed by atoms with Crippen molar-refractivity contribution in [3.05, 3.63) is 41.1 Å². The topological polar surface area (TPSA) is 51.2 Å². The van der Waals surface area contributed by atoms with Gasteiger partial charge in [0.1, 0.15) is 6.10 Å². The fourth-order valence-electron chi connectivity index (χ4n) is 1.26. The van der Waals surface area contributed by atoms with Crippen LogP contribution in [0.15, 0.2) is 29.1 Å². The van der Waals surface area contributed by atoms with Crippen molar-refractivity contribution in [1.82, 2.24) is 9.78 Å². The molecular weight excluding hydrogens is 204 g/mol. The second-order valence-corrected chi connectivity index (χ2v) is 3.34. The molecule has 1 atom stereocenters. The second kappa shape index (κ2) is 3.48. The van der Waals surface area contributed by atoms with Crippen LogP contribution in [0, 0.1) is 0 Å². The SMILES string of the molecule is Cn1cc(C(O)c2ccoc2Cl)cn1. The number of aliphatic hydroxyl groups excluding tert-OH is 1. The summed E-state index contributed by atoms with van der Waals surface area (Å²) in [5.41, 5.74) is 1.25. The van der Waals surface area contributed by atoms with Crippen LogP contribution in [-0.4, -0.2) is 14.9 Å². The predicted molar refractivity (Wildman–Crippen MR) is 51.0 cm³/mol. The summed E-state index contributed by atoms with van der Waals surface area (Å²) >= 11 is 5.74. The quantitative estimate of drug-likeness (QED) is 0.825. The number of aliphatic hydroxyl groups is 1. The minimum absolute atomic E-state index is 0.210. The Hall–Kier alpha value is -1.26. The van der Waals surface area contributed by atoms with Gasteiger partial charge in [-0.3, -0.25) is 4.68 Å². The van der Waals surface area contributed by atoms with Gasteiger partial charge in [-0.05, 0) is 17.7 Å². The van der Waals surface area contributed by atoms with E-state index in [2.05, 4.69) is 5.10 Å². The summed E-state index contributed by atoms with van der Waals surface area (Å²) in [5, 5.41) is 14.0. The molecule has 1 N–H and O–H groups in total. The molecule has 0 aromatic carbocycles. The van der Waals surface area contributed by atoms with Gasteiger partial charge in [-0.15, -0.1) is 0 Å². The number of hydrogen-bond acceptors (Lipinski definition) is 3. The first-order chi connectivity index (χ1) is 6.68. The smallest absolute Gasteiger partial charge is 0.199 e. The number of furan rings is 1. The van der Waals surface area contributed by atoms with Gasteiger partial charge in [0.05, 0.1) is 12.5 Å². The molecule has 2 heterocycles. The van der Waals surface area contributed by atoms with Crippen LogP contribution in [0.2, 0.25) is 5.22 Å². The van der Waals surface area contributed by atoms with Gasteiger partial charge in [0.25, 0.3) is 0 Å². The third kappa shape index (κ3) is 1.54. The van der Waals surface area contributed by atoms with E-state index in [0.717, 1.165) is 0 Å². The largest absolute Gasteiger partial charge is 0.453 e. The van der Waals surface area contributed by atoms with Crippen LogP contribution in [0.4, 0.5) is 0 Å². The molecule has 0 amide bonds. The normalized spacial score (nSPS) is 13.1. The summed E-state index contributed by atoms with van der Waals surface area (Å²) in [6.07, 6.45) is 3.98. The van der Waals surface area contributed by atoms with Crippen molar-refractivity contribution in [3.63, 3.8) is 0 Å². The zero-order chi connectivity index (χ0) is 10.1. The van der Waals surface area contributed by atoms with E-state index in [0.29, 0.717) is 11.1 Å². The van der Waals surface area contributed by atoms with E-state index >= 15 is 0 Å². The molecule has 0 aliphatic rings. The van der Waals surface area contributed by atoms with Crippen molar-refractivity contribution in [3.8, 4) is 0 Å². The number of rotatable bonds is 2. The molecule has 0 saturated carbocycles. The summed E-state index contributed by atoms with van der Waals surface area (Å²) in [6.45, 7) is 0. The van der Waals surface area contributed by atoms with Crippen LogP contribution in [0.1, 0.15) is 17.2 Å². The first-order valence-electron chi connectivity index (χ1n) is 4.08. The maximum absolute atomic E-state index is 9.88.